The second-order valence-corrected chi connectivity index (χ2v) is 4.96. The fraction of sp³-hybridized carbons (Fsp3) is 0.538. The normalized spacial score (nSPS) is 21.3. The lowest BCUT2D eigenvalue weighted by molar-refractivity contribution is 0.417. The zero-order chi connectivity index (χ0) is 11.2. The molecule has 2 nitrogen and oxygen atoms in total. The van der Waals surface area contributed by atoms with Crippen LogP contribution in [0, 0.1) is 0 Å². The van der Waals surface area contributed by atoms with Gasteiger partial charge in [-0.1, -0.05) is 11.5 Å². The Kier molecular flexibility index (Phi) is 2.25. The van der Waals surface area contributed by atoms with Crippen molar-refractivity contribution in [2.24, 2.45) is 0 Å². The summed E-state index contributed by atoms with van der Waals surface area (Å²) >= 11 is 0. The Balaban J connectivity index is 2.12. The van der Waals surface area contributed by atoms with E-state index in [0.29, 0.717) is 5.41 Å². The van der Waals surface area contributed by atoms with Gasteiger partial charge in [0.2, 0.25) is 0 Å². The summed E-state index contributed by atoms with van der Waals surface area (Å²) in [6.07, 6.45) is 3.66. The van der Waals surface area contributed by atoms with Crippen LogP contribution >= 0.6 is 0 Å². The van der Waals surface area contributed by atoms with Gasteiger partial charge in [-0.15, -0.1) is 0 Å². The Bertz CT molecular complexity index is 426. The summed E-state index contributed by atoms with van der Waals surface area (Å²) < 4.78 is 5.30. The van der Waals surface area contributed by atoms with Gasteiger partial charge in [-0.3, -0.25) is 0 Å². The number of fused-ring (bicyclic) bond motifs is 2. The predicted molar refractivity (Wildman–Crippen MR) is 65.9 cm³/mol. The van der Waals surface area contributed by atoms with E-state index in [4.69, 9.17) is 12.6 Å². The first-order chi connectivity index (χ1) is 7.75. The Morgan fingerprint density at radius 1 is 1.38 bits per heavy atom. The molecule has 0 saturated heterocycles. The molecule has 1 spiro atoms. The molecule has 1 aromatic rings. The Morgan fingerprint density at radius 2 is 2.19 bits per heavy atom. The van der Waals surface area contributed by atoms with E-state index >= 15 is 0 Å². The molecular weight excluding hydrogens is 197 g/mol. The molecule has 0 unspecified atom stereocenters. The van der Waals surface area contributed by atoms with E-state index < -0.39 is 0 Å². The molecule has 0 atom stereocenters. The maximum absolute atomic E-state index is 6.01. The quantitative estimate of drug-likeness (QED) is 0.692. The summed E-state index contributed by atoms with van der Waals surface area (Å²) in [5.74, 6) is 0.816. The molecule has 2 aliphatic rings. The number of benzene rings is 1. The van der Waals surface area contributed by atoms with Crippen LogP contribution in [-0.4, -0.2) is 28.0 Å². The Labute approximate surface area is 97.8 Å². The summed E-state index contributed by atoms with van der Waals surface area (Å²) in [6.45, 7) is 2.16. The minimum atomic E-state index is 0.381. The lowest BCUT2D eigenvalue weighted by Crippen LogP contribution is -2.25. The minimum Gasteiger partial charge on any atom is -0.497 e. The number of hydrogen-bond acceptors (Lipinski definition) is 2. The maximum atomic E-state index is 6.01. The van der Waals surface area contributed by atoms with Crippen LogP contribution in [0.4, 0.5) is 0 Å². The van der Waals surface area contributed by atoms with E-state index in [1.54, 1.807) is 7.11 Å². The van der Waals surface area contributed by atoms with Crippen molar-refractivity contribution in [1.29, 1.82) is 0 Å². The van der Waals surface area contributed by atoms with Crippen molar-refractivity contribution in [3.63, 3.8) is 0 Å². The third kappa shape index (κ3) is 1.46. The number of rotatable bonds is 1. The van der Waals surface area contributed by atoms with Gasteiger partial charge in [-0.05, 0) is 43.0 Å². The molecule has 82 valence electrons. The largest absolute Gasteiger partial charge is 0.497 e. The lowest BCUT2D eigenvalue weighted by atomic mass is 9.84. The third-order valence-corrected chi connectivity index (χ3v) is 3.91. The lowest BCUT2D eigenvalue weighted by Gasteiger charge is -2.18. The summed E-state index contributed by atoms with van der Waals surface area (Å²) in [6, 6.07) is 4.26. The summed E-state index contributed by atoms with van der Waals surface area (Å²) in [5.41, 5.74) is 4.02. The van der Waals surface area contributed by atoms with Crippen LogP contribution in [0.3, 0.4) is 0 Å². The maximum Gasteiger partial charge on any atom is 0.119 e. The smallest absolute Gasteiger partial charge is 0.119 e. The van der Waals surface area contributed by atoms with Crippen LogP contribution in [0.5, 0.6) is 5.75 Å². The first-order valence-corrected chi connectivity index (χ1v) is 5.93. The summed E-state index contributed by atoms with van der Waals surface area (Å²) in [7, 11) is 7.69. The first kappa shape index (κ1) is 10.2. The van der Waals surface area contributed by atoms with Gasteiger partial charge in [-0.2, -0.15) is 0 Å². The molecule has 1 fully saturated rings. The van der Waals surface area contributed by atoms with E-state index in [2.05, 4.69) is 17.4 Å². The average molecular weight is 213 g/mol. The zero-order valence-corrected chi connectivity index (χ0v) is 9.68. The van der Waals surface area contributed by atoms with Crippen molar-refractivity contribution in [2.45, 2.75) is 24.7 Å². The number of ether oxygens (including phenoxy) is 1. The number of methoxy groups -OCH3 is 1. The average Bonchev–Trinajstić information content (AvgIpc) is 3.08. The van der Waals surface area contributed by atoms with E-state index in [-0.39, 0.29) is 0 Å². The molecule has 3 rings (SSSR count). The van der Waals surface area contributed by atoms with Crippen molar-refractivity contribution in [3.05, 3.63) is 23.3 Å². The van der Waals surface area contributed by atoms with Gasteiger partial charge in [0.1, 0.15) is 13.6 Å². The van der Waals surface area contributed by atoms with Crippen molar-refractivity contribution in [1.82, 2.24) is 5.32 Å². The summed E-state index contributed by atoms with van der Waals surface area (Å²) in [4.78, 5) is 0. The highest BCUT2D eigenvalue weighted by atomic mass is 16.5. The fourth-order valence-electron chi connectivity index (χ4n) is 2.76. The molecule has 1 saturated carbocycles. The first-order valence-electron chi connectivity index (χ1n) is 5.93. The number of nitrogens with one attached hydrogen (secondary N) is 1. The van der Waals surface area contributed by atoms with Crippen molar-refractivity contribution in [3.8, 4) is 5.75 Å². The summed E-state index contributed by atoms with van der Waals surface area (Å²) in [5, 5.41) is 3.52. The predicted octanol–water partition coefficient (Wildman–Crippen LogP) is 0.666. The van der Waals surface area contributed by atoms with Crippen LogP contribution in [-0.2, 0) is 11.8 Å². The van der Waals surface area contributed by atoms with E-state index in [1.807, 2.05) is 0 Å². The van der Waals surface area contributed by atoms with E-state index in [9.17, 15) is 0 Å². The van der Waals surface area contributed by atoms with Crippen LogP contribution < -0.4 is 15.5 Å². The van der Waals surface area contributed by atoms with Gasteiger partial charge in [0.25, 0.3) is 0 Å². The molecule has 16 heavy (non-hydrogen) atoms. The molecule has 3 heteroatoms. The van der Waals surface area contributed by atoms with Crippen molar-refractivity contribution < 1.29 is 4.74 Å². The highest BCUT2D eigenvalue weighted by Crippen LogP contribution is 2.49. The van der Waals surface area contributed by atoms with Gasteiger partial charge in [0.15, 0.2) is 0 Å². The van der Waals surface area contributed by atoms with Crippen LogP contribution in [0.15, 0.2) is 12.1 Å². The topological polar surface area (TPSA) is 21.3 Å². The molecule has 0 aromatic heterocycles. The SMILES string of the molecule is [B]c1cc2c(cc1OC)CCNCC21CC1. The Morgan fingerprint density at radius 3 is 2.88 bits per heavy atom. The van der Waals surface area contributed by atoms with Gasteiger partial charge in [0.05, 0.1) is 7.11 Å². The highest BCUT2D eigenvalue weighted by Gasteiger charge is 2.46. The highest BCUT2D eigenvalue weighted by molar-refractivity contribution is 6.34. The van der Waals surface area contributed by atoms with Gasteiger partial charge in [0, 0.05) is 12.0 Å². The minimum absolute atomic E-state index is 0.381. The molecule has 0 bridgehead atoms. The number of hydrogen-bond donors (Lipinski definition) is 1. The molecule has 1 aliphatic carbocycles. The molecule has 1 aliphatic heterocycles. The van der Waals surface area contributed by atoms with Crippen LogP contribution in [0.1, 0.15) is 24.0 Å². The molecule has 2 radical (unpaired) electrons. The van der Waals surface area contributed by atoms with Crippen molar-refractivity contribution >= 4 is 13.3 Å². The monoisotopic (exact) mass is 213 g/mol. The standard InChI is InChI=1S/C13H16BNO/c1-16-12-6-9-2-5-15-8-13(3-4-13)10(9)7-11(12)14/h6-7,15H,2-5,8H2,1H3. The zero-order valence-electron chi connectivity index (χ0n) is 9.68. The van der Waals surface area contributed by atoms with Gasteiger partial charge >= 0.3 is 0 Å². The Hall–Kier alpha value is -0.955. The third-order valence-electron chi connectivity index (χ3n) is 3.91. The second kappa shape index (κ2) is 3.52. The molecular formula is C13H16BNO. The molecule has 1 heterocycles. The van der Waals surface area contributed by atoms with Gasteiger partial charge < -0.3 is 10.1 Å². The fourth-order valence-corrected chi connectivity index (χ4v) is 2.76. The van der Waals surface area contributed by atoms with Crippen LogP contribution in [0.2, 0.25) is 0 Å². The van der Waals surface area contributed by atoms with Crippen molar-refractivity contribution in [2.75, 3.05) is 20.2 Å². The van der Waals surface area contributed by atoms with E-state index in [1.165, 1.54) is 24.0 Å². The van der Waals surface area contributed by atoms with Crippen LogP contribution in [0.25, 0.3) is 0 Å². The van der Waals surface area contributed by atoms with E-state index in [0.717, 1.165) is 30.7 Å². The molecule has 1 N–H and O–H groups in total. The second-order valence-electron chi connectivity index (χ2n) is 4.96. The molecule has 1 aromatic carbocycles. The van der Waals surface area contributed by atoms with Gasteiger partial charge in [-0.25, -0.2) is 0 Å². The molecule has 0 amide bonds.